The molecule has 2 N–H and O–H groups in total. The molecule has 0 spiro atoms. The Hall–Kier alpha value is -0.870. The van der Waals surface area contributed by atoms with Gasteiger partial charge in [-0.15, -0.1) is 0 Å². The van der Waals surface area contributed by atoms with Crippen LogP contribution in [-0.4, -0.2) is 26.0 Å². The van der Waals surface area contributed by atoms with Gasteiger partial charge in [0.15, 0.2) is 0 Å². The van der Waals surface area contributed by atoms with Crippen LogP contribution in [0.15, 0.2) is 12.3 Å². The predicted molar refractivity (Wildman–Crippen MR) is 65.1 cm³/mol. The standard InChI is InChI=1S/C12H23N3O/c1-6-15-10(7-8-14-15)9-13-11(2,3)12(4,5)16/h7-8,13,16H,6,9H2,1-5H3. The van der Waals surface area contributed by atoms with Crippen LogP contribution in [0.2, 0.25) is 0 Å². The lowest BCUT2D eigenvalue weighted by atomic mass is 9.86. The Labute approximate surface area is 97.7 Å². The van der Waals surface area contributed by atoms with E-state index < -0.39 is 5.60 Å². The molecule has 16 heavy (non-hydrogen) atoms. The second-order valence-corrected chi connectivity index (χ2v) is 5.18. The molecule has 0 aliphatic heterocycles. The number of aliphatic hydroxyl groups is 1. The Kier molecular flexibility index (Phi) is 3.76. The molecule has 0 fully saturated rings. The molecule has 1 aromatic heterocycles. The Morgan fingerprint density at radius 3 is 2.50 bits per heavy atom. The molecule has 0 unspecified atom stereocenters. The van der Waals surface area contributed by atoms with Crippen LogP contribution in [0, 0.1) is 0 Å². The summed E-state index contributed by atoms with van der Waals surface area (Å²) in [5.41, 5.74) is 0.0414. The first-order valence-corrected chi connectivity index (χ1v) is 5.76. The summed E-state index contributed by atoms with van der Waals surface area (Å²) in [5.74, 6) is 0. The van der Waals surface area contributed by atoms with Crippen LogP contribution in [0.3, 0.4) is 0 Å². The normalized spacial score (nSPS) is 13.1. The van der Waals surface area contributed by atoms with E-state index in [-0.39, 0.29) is 5.54 Å². The summed E-state index contributed by atoms with van der Waals surface area (Å²) in [7, 11) is 0. The number of rotatable bonds is 5. The van der Waals surface area contributed by atoms with Crippen LogP contribution < -0.4 is 5.32 Å². The number of hydrogen-bond donors (Lipinski definition) is 2. The van der Waals surface area contributed by atoms with Crippen molar-refractivity contribution < 1.29 is 5.11 Å². The van der Waals surface area contributed by atoms with Crippen LogP contribution in [0.1, 0.15) is 40.3 Å². The van der Waals surface area contributed by atoms with Gasteiger partial charge in [0, 0.05) is 24.8 Å². The van der Waals surface area contributed by atoms with Gasteiger partial charge < -0.3 is 10.4 Å². The smallest absolute Gasteiger partial charge is 0.0767 e. The molecule has 4 heteroatoms. The highest BCUT2D eigenvalue weighted by Gasteiger charge is 2.34. The van der Waals surface area contributed by atoms with Crippen molar-refractivity contribution in [1.29, 1.82) is 0 Å². The van der Waals surface area contributed by atoms with Crippen molar-refractivity contribution in [3.63, 3.8) is 0 Å². The highest BCUT2D eigenvalue weighted by atomic mass is 16.3. The maximum absolute atomic E-state index is 10.0. The molecular formula is C12H23N3O. The Morgan fingerprint density at radius 2 is 2.00 bits per heavy atom. The minimum absolute atomic E-state index is 0.337. The number of aryl methyl sites for hydroxylation is 1. The third-order valence-electron chi connectivity index (χ3n) is 3.35. The maximum Gasteiger partial charge on any atom is 0.0767 e. The monoisotopic (exact) mass is 225 g/mol. The SMILES string of the molecule is CCn1nccc1CNC(C)(C)C(C)(C)O. The molecule has 0 saturated heterocycles. The molecule has 0 amide bonds. The molecule has 0 aromatic carbocycles. The van der Waals surface area contributed by atoms with Crippen molar-refractivity contribution in [3.8, 4) is 0 Å². The fourth-order valence-corrected chi connectivity index (χ4v) is 1.32. The van der Waals surface area contributed by atoms with Crippen molar-refractivity contribution >= 4 is 0 Å². The lowest BCUT2D eigenvalue weighted by Crippen LogP contribution is -2.55. The summed E-state index contributed by atoms with van der Waals surface area (Å²) in [6.07, 6.45) is 1.80. The average Bonchev–Trinajstić information content (AvgIpc) is 2.60. The van der Waals surface area contributed by atoms with Crippen LogP contribution in [0.4, 0.5) is 0 Å². The summed E-state index contributed by atoms with van der Waals surface area (Å²) in [5, 5.41) is 17.6. The van der Waals surface area contributed by atoms with E-state index in [0.717, 1.165) is 12.2 Å². The van der Waals surface area contributed by atoms with E-state index >= 15 is 0 Å². The zero-order valence-corrected chi connectivity index (χ0v) is 10.9. The third-order valence-corrected chi connectivity index (χ3v) is 3.35. The minimum atomic E-state index is -0.760. The molecule has 0 aliphatic carbocycles. The van der Waals surface area contributed by atoms with Gasteiger partial charge in [0.1, 0.15) is 0 Å². The topological polar surface area (TPSA) is 50.1 Å². The van der Waals surface area contributed by atoms with Crippen LogP contribution in [0.25, 0.3) is 0 Å². The van der Waals surface area contributed by atoms with Crippen LogP contribution >= 0.6 is 0 Å². The fourth-order valence-electron chi connectivity index (χ4n) is 1.32. The van der Waals surface area contributed by atoms with Gasteiger partial charge in [-0.1, -0.05) is 0 Å². The van der Waals surface area contributed by atoms with Crippen molar-refractivity contribution in [1.82, 2.24) is 15.1 Å². The molecule has 0 atom stereocenters. The van der Waals surface area contributed by atoms with Crippen molar-refractivity contribution in [2.75, 3.05) is 0 Å². The Balaban J connectivity index is 2.65. The van der Waals surface area contributed by atoms with Gasteiger partial charge in [0.25, 0.3) is 0 Å². The average molecular weight is 225 g/mol. The second kappa shape index (κ2) is 4.55. The Morgan fingerprint density at radius 1 is 1.38 bits per heavy atom. The molecule has 1 aromatic rings. The van der Waals surface area contributed by atoms with Gasteiger partial charge >= 0.3 is 0 Å². The lowest BCUT2D eigenvalue weighted by molar-refractivity contribution is -0.00560. The van der Waals surface area contributed by atoms with Crippen LogP contribution in [-0.2, 0) is 13.1 Å². The van der Waals surface area contributed by atoms with E-state index in [1.54, 1.807) is 6.20 Å². The maximum atomic E-state index is 10.0. The quantitative estimate of drug-likeness (QED) is 0.799. The summed E-state index contributed by atoms with van der Waals surface area (Å²) >= 11 is 0. The second-order valence-electron chi connectivity index (χ2n) is 5.18. The van der Waals surface area contributed by atoms with E-state index in [0.29, 0.717) is 6.54 Å². The third kappa shape index (κ3) is 2.83. The zero-order chi connectivity index (χ0) is 12.4. The molecular weight excluding hydrogens is 202 g/mol. The van der Waals surface area contributed by atoms with Crippen molar-refractivity contribution in [2.45, 2.75) is 58.8 Å². The van der Waals surface area contributed by atoms with E-state index in [9.17, 15) is 5.11 Å². The van der Waals surface area contributed by atoms with Crippen molar-refractivity contribution in [2.24, 2.45) is 0 Å². The van der Waals surface area contributed by atoms with Gasteiger partial charge in [0.05, 0.1) is 11.3 Å². The molecule has 0 radical (unpaired) electrons. The summed E-state index contributed by atoms with van der Waals surface area (Å²) < 4.78 is 1.95. The van der Waals surface area contributed by atoms with Gasteiger partial charge in [-0.2, -0.15) is 5.10 Å². The summed E-state index contributed by atoms with van der Waals surface area (Å²) in [6.45, 7) is 11.3. The van der Waals surface area contributed by atoms with E-state index in [1.807, 2.05) is 38.4 Å². The Bertz CT molecular complexity index is 336. The predicted octanol–water partition coefficient (Wildman–Crippen LogP) is 1.54. The van der Waals surface area contributed by atoms with Crippen LogP contribution in [0.5, 0.6) is 0 Å². The first-order valence-electron chi connectivity index (χ1n) is 5.76. The van der Waals surface area contributed by atoms with Gasteiger partial charge in [-0.3, -0.25) is 4.68 Å². The highest BCUT2D eigenvalue weighted by molar-refractivity contribution is 5.03. The number of hydrogen-bond acceptors (Lipinski definition) is 3. The number of nitrogens with zero attached hydrogens (tertiary/aromatic N) is 2. The molecule has 0 aliphatic rings. The largest absolute Gasteiger partial charge is 0.389 e. The fraction of sp³-hybridized carbons (Fsp3) is 0.750. The van der Waals surface area contributed by atoms with E-state index in [1.165, 1.54) is 0 Å². The molecule has 0 bridgehead atoms. The number of aromatic nitrogens is 2. The van der Waals surface area contributed by atoms with E-state index in [2.05, 4.69) is 17.3 Å². The molecule has 92 valence electrons. The summed E-state index contributed by atoms with van der Waals surface area (Å²) in [4.78, 5) is 0. The van der Waals surface area contributed by atoms with Crippen molar-refractivity contribution in [3.05, 3.63) is 18.0 Å². The van der Waals surface area contributed by atoms with Gasteiger partial charge in [-0.05, 0) is 40.7 Å². The van der Waals surface area contributed by atoms with Gasteiger partial charge in [-0.25, -0.2) is 0 Å². The molecule has 1 heterocycles. The first kappa shape index (κ1) is 13.2. The zero-order valence-electron chi connectivity index (χ0n) is 10.9. The summed E-state index contributed by atoms with van der Waals surface area (Å²) in [6, 6.07) is 2.00. The molecule has 0 saturated carbocycles. The van der Waals surface area contributed by atoms with Gasteiger partial charge in [0.2, 0.25) is 0 Å². The first-order chi connectivity index (χ1) is 7.28. The molecule has 4 nitrogen and oxygen atoms in total. The molecule has 1 rings (SSSR count). The number of nitrogens with one attached hydrogen (secondary N) is 1. The highest BCUT2D eigenvalue weighted by Crippen LogP contribution is 2.20. The lowest BCUT2D eigenvalue weighted by Gasteiger charge is -2.38. The minimum Gasteiger partial charge on any atom is -0.389 e. The van der Waals surface area contributed by atoms with E-state index in [4.69, 9.17) is 0 Å².